The number of halogens is 1. The van der Waals surface area contributed by atoms with Crippen molar-refractivity contribution in [3.8, 4) is 6.07 Å². The number of likely N-dealkylation sites (tertiary alicyclic amines) is 1. The summed E-state index contributed by atoms with van der Waals surface area (Å²) in [5.74, 6) is 0. The van der Waals surface area contributed by atoms with Gasteiger partial charge in [0.2, 0.25) is 0 Å². The SMILES string of the molecule is N#Cc1ccc2ccc(=O)n(CCN3CC[C@@H](NC(=O)O)[C@@H](F)C3)c2c1. The van der Waals surface area contributed by atoms with Gasteiger partial charge in [0, 0.05) is 32.2 Å². The number of hydrogen-bond donors (Lipinski definition) is 2. The summed E-state index contributed by atoms with van der Waals surface area (Å²) in [5.41, 5.74) is 0.976. The van der Waals surface area contributed by atoms with Crippen molar-refractivity contribution in [1.82, 2.24) is 14.8 Å². The number of fused-ring (bicyclic) bond motifs is 1. The number of rotatable bonds is 4. The molecule has 26 heavy (non-hydrogen) atoms. The average molecular weight is 358 g/mol. The topological polar surface area (TPSA) is 98.4 Å². The van der Waals surface area contributed by atoms with Crippen LogP contribution in [0.2, 0.25) is 0 Å². The molecule has 2 heterocycles. The molecular weight excluding hydrogens is 339 g/mol. The summed E-state index contributed by atoms with van der Waals surface area (Å²) < 4.78 is 15.7. The molecule has 7 nitrogen and oxygen atoms in total. The number of carboxylic acid groups (broad SMARTS) is 1. The van der Waals surface area contributed by atoms with Crippen LogP contribution in [0.3, 0.4) is 0 Å². The highest BCUT2D eigenvalue weighted by molar-refractivity contribution is 5.80. The van der Waals surface area contributed by atoms with Crippen molar-refractivity contribution in [1.29, 1.82) is 5.26 Å². The minimum absolute atomic E-state index is 0.119. The van der Waals surface area contributed by atoms with Crippen LogP contribution in [-0.4, -0.2) is 52.5 Å². The summed E-state index contributed by atoms with van der Waals surface area (Å²) >= 11 is 0. The van der Waals surface area contributed by atoms with E-state index >= 15 is 0 Å². The van der Waals surface area contributed by atoms with E-state index in [0.717, 1.165) is 5.39 Å². The second kappa shape index (κ2) is 7.54. The summed E-state index contributed by atoms with van der Waals surface area (Å²) in [4.78, 5) is 24.8. The number of pyridine rings is 1. The van der Waals surface area contributed by atoms with Crippen LogP contribution in [0.25, 0.3) is 10.9 Å². The zero-order chi connectivity index (χ0) is 18.7. The van der Waals surface area contributed by atoms with Crippen LogP contribution in [-0.2, 0) is 6.54 Å². The summed E-state index contributed by atoms with van der Waals surface area (Å²) in [6.07, 6.45) is -2.12. The number of nitrogens with one attached hydrogen (secondary N) is 1. The monoisotopic (exact) mass is 358 g/mol. The Balaban J connectivity index is 1.72. The third-order valence-corrected chi connectivity index (χ3v) is 4.70. The molecule has 3 rings (SSSR count). The van der Waals surface area contributed by atoms with Gasteiger partial charge in [-0.15, -0.1) is 0 Å². The quantitative estimate of drug-likeness (QED) is 0.864. The third kappa shape index (κ3) is 3.83. The second-order valence-electron chi connectivity index (χ2n) is 6.37. The molecule has 2 atom stereocenters. The van der Waals surface area contributed by atoms with Crippen molar-refractivity contribution in [2.75, 3.05) is 19.6 Å². The van der Waals surface area contributed by atoms with Crippen LogP contribution in [0.5, 0.6) is 0 Å². The molecule has 1 saturated heterocycles. The van der Waals surface area contributed by atoms with Crippen LogP contribution < -0.4 is 10.9 Å². The standard InChI is InChI=1S/C18H19FN4O3/c19-14-11-22(6-5-15(14)21-18(25)26)7-8-23-16-9-12(10-20)1-2-13(16)3-4-17(23)24/h1-4,9,14-15,21H,5-8,11H2,(H,25,26)/t14-,15+/m0/s1. The molecule has 2 aromatic rings. The van der Waals surface area contributed by atoms with Gasteiger partial charge in [-0.05, 0) is 30.0 Å². The molecule has 2 N–H and O–H groups in total. The maximum absolute atomic E-state index is 14.1. The predicted octanol–water partition coefficient (Wildman–Crippen LogP) is 1.55. The van der Waals surface area contributed by atoms with Crippen LogP contribution in [0.1, 0.15) is 12.0 Å². The number of amides is 1. The number of nitriles is 1. The second-order valence-corrected chi connectivity index (χ2v) is 6.37. The zero-order valence-electron chi connectivity index (χ0n) is 14.1. The van der Waals surface area contributed by atoms with E-state index in [4.69, 9.17) is 10.4 Å². The van der Waals surface area contributed by atoms with Gasteiger partial charge in [-0.25, -0.2) is 9.18 Å². The molecule has 136 valence electrons. The molecule has 0 spiro atoms. The van der Waals surface area contributed by atoms with Gasteiger partial charge in [0.1, 0.15) is 6.17 Å². The van der Waals surface area contributed by atoms with E-state index < -0.39 is 18.3 Å². The van der Waals surface area contributed by atoms with Gasteiger partial charge in [0.25, 0.3) is 5.56 Å². The Morgan fingerprint density at radius 1 is 1.35 bits per heavy atom. The van der Waals surface area contributed by atoms with Crippen molar-refractivity contribution in [2.45, 2.75) is 25.2 Å². The summed E-state index contributed by atoms with van der Waals surface area (Å²) in [6.45, 7) is 1.51. The highest BCUT2D eigenvalue weighted by Gasteiger charge is 2.30. The smallest absolute Gasteiger partial charge is 0.404 e. The van der Waals surface area contributed by atoms with Gasteiger partial charge in [0.05, 0.1) is 23.2 Å². The summed E-state index contributed by atoms with van der Waals surface area (Å²) in [7, 11) is 0. The first-order valence-electron chi connectivity index (χ1n) is 8.37. The fraction of sp³-hybridized carbons (Fsp3) is 0.389. The molecule has 8 heteroatoms. The lowest BCUT2D eigenvalue weighted by atomic mass is 10.0. The summed E-state index contributed by atoms with van der Waals surface area (Å²) in [6, 6.07) is 9.75. The molecular formula is C18H19FN4O3. The van der Waals surface area contributed by atoms with E-state index in [2.05, 4.69) is 11.4 Å². The van der Waals surface area contributed by atoms with Gasteiger partial charge >= 0.3 is 6.09 Å². The van der Waals surface area contributed by atoms with Gasteiger partial charge < -0.3 is 15.0 Å². The van der Waals surface area contributed by atoms with Gasteiger partial charge in [0.15, 0.2) is 0 Å². The Kier molecular flexibility index (Phi) is 5.19. The Morgan fingerprint density at radius 2 is 2.12 bits per heavy atom. The van der Waals surface area contributed by atoms with Crippen molar-refractivity contribution in [3.05, 3.63) is 46.2 Å². The number of benzene rings is 1. The predicted molar refractivity (Wildman–Crippen MR) is 93.8 cm³/mol. The lowest BCUT2D eigenvalue weighted by Crippen LogP contribution is -2.52. The van der Waals surface area contributed by atoms with E-state index in [1.165, 1.54) is 6.07 Å². The molecule has 1 aliphatic heterocycles. The van der Waals surface area contributed by atoms with Gasteiger partial charge in [-0.3, -0.25) is 9.69 Å². The van der Waals surface area contributed by atoms with Crippen LogP contribution in [0.15, 0.2) is 35.1 Å². The van der Waals surface area contributed by atoms with Crippen molar-refractivity contribution in [2.24, 2.45) is 0 Å². The average Bonchev–Trinajstić information content (AvgIpc) is 2.62. The number of piperidine rings is 1. The number of alkyl halides is 1. The lowest BCUT2D eigenvalue weighted by molar-refractivity contribution is 0.0976. The number of carbonyl (C=O) groups is 1. The normalized spacial score (nSPS) is 20.6. The van der Waals surface area contributed by atoms with Crippen LogP contribution in [0.4, 0.5) is 9.18 Å². The highest BCUT2D eigenvalue weighted by atomic mass is 19.1. The molecule has 1 aromatic heterocycles. The molecule has 0 unspecified atom stereocenters. The minimum atomic E-state index is -1.28. The van der Waals surface area contributed by atoms with Crippen LogP contribution in [0, 0.1) is 11.3 Å². The molecule has 0 radical (unpaired) electrons. The molecule has 0 saturated carbocycles. The third-order valence-electron chi connectivity index (χ3n) is 4.70. The number of nitrogens with zero attached hydrogens (tertiary/aromatic N) is 3. The first-order valence-corrected chi connectivity index (χ1v) is 8.37. The Labute approximate surface area is 149 Å². The van der Waals surface area contributed by atoms with Gasteiger partial charge in [-0.2, -0.15) is 5.26 Å². The minimum Gasteiger partial charge on any atom is -0.465 e. The zero-order valence-corrected chi connectivity index (χ0v) is 14.1. The maximum Gasteiger partial charge on any atom is 0.404 e. The maximum atomic E-state index is 14.1. The Hall–Kier alpha value is -2.92. The lowest BCUT2D eigenvalue weighted by Gasteiger charge is -2.34. The van der Waals surface area contributed by atoms with E-state index in [-0.39, 0.29) is 12.1 Å². The fourth-order valence-electron chi connectivity index (χ4n) is 3.32. The van der Waals surface area contributed by atoms with E-state index in [1.807, 2.05) is 4.90 Å². The van der Waals surface area contributed by atoms with Gasteiger partial charge in [-0.1, -0.05) is 6.07 Å². The highest BCUT2D eigenvalue weighted by Crippen LogP contribution is 2.16. The molecule has 0 bridgehead atoms. The largest absolute Gasteiger partial charge is 0.465 e. The molecule has 1 aromatic carbocycles. The van der Waals surface area contributed by atoms with E-state index in [0.29, 0.717) is 37.1 Å². The summed E-state index contributed by atoms with van der Waals surface area (Å²) in [5, 5.41) is 20.9. The molecule has 1 amide bonds. The first kappa shape index (κ1) is 17.9. The number of aromatic nitrogens is 1. The molecule has 0 aliphatic carbocycles. The Morgan fingerprint density at radius 3 is 2.81 bits per heavy atom. The number of hydrogen-bond acceptors (Lipinski definition) is 4. The van der Waals surface area contributed by atoms with Crippen molar-refractivity contribution in [3.63, 3.8) is 0 Å². The Bertz CT molecular complexity index is 921. The van der Waals surface area contributed by atoms with Crippen molar-refractivity contribution < 1.29 is 14.3 Å². The fourth-order valence-corrected chi connectivity index (χ4v) is 3.32. The molecule has 1 fully saturated rings. The van der Waals surface area contributed by atoms with E-state index in [1.54, 1.807) is 28.8 Å². The first-order chi connectivity index (χ1) is 12.5. The van der Waals surface area contributed by atoms with Crippen molar-refractivity contribution >= 4 is 17.0 Å². The van der Waals surface area contributed by atoms with E-state index in [9.17, 15) is 14.0 Å². The molecule has 1 aliphatic rings. The van der Waals surface area contributed by atoms with Crippen LogP contribution >= 0.6 is 0 Å².